The van der Waals surface area contributed by atoms with E-state index >= 15 is 0 Å². The molecule has 0 aromatic rings. The van der Waals surface area contributed by atoms with Gasteiger partial charge in [-0.2, -0.15) is 5.26 Å². The molecule has 0 heterocycles. The Kier molecular flexibility index (Phi) is 5.46. The Morgan fingerprint density at radius 1 is 1.43 bits per heavy atom. The van der Waals surface area contributed by atoms with E-state index in [1.807, 2.05) is 33.1 Å². The summed E-state index contributed by atoms with van der Waals surface area (Å²) in [6, 6.07) is 2.41. The average Bonchev–Trinajstić information content (AvgIpc) is 2.38. The molecule has 0 amide bonds. The van der Waals surface area contributed by atoms with E-state index in [9.17, 15) is 5.26 Å². The first kappa shape index (κ1) is 18.0. The standard InChI is InChI=1S/C17H27N3S/c1-8-13(2)9-19-14(3)17(20-21-15(4,5)6)10-16(7,11-17)12-18/h8-9,20H,3,10-11H2,1-2,4-7H3/b13-8-,19-9?. The van der Waals surface area contributed by atoms with Gasteiger partial charge in [0.1, 0.15) is 0 Å². The predicted molar refractivity (Wildman–Crippen MR) is 93.2 cm³/mol. The van der Waals surface area contributed by atoms with Crippen LogP contribution in [-0.4, -0.2) is 16.5 Å². The van der Waals surface area contributed by atoms with E-state index in [2.05, 4.69) is 43.1 Å². The van der Waals surface area contributed by atoms with Crippen LogP contribution in [0.4, 0.5) is 0 Å². The van der Waals surface area contributed by atoms with E-state index in [1.54, 1.807) is 11.9 Å². The van der Waals surface area contributed by atoms with Crippen LogP contribution < -0.4 is 4.72 Å². The lowest BCUT2D eigenvalue weighted by molar-refractivity contribution is 0.117. The predicted octanol–water partition coefficient (Wildman–Crippen LogP) is 4.64. The molecule has 116 valence electrons. The van der Waals surface area contributed by atoms with Gasteiger partial charge in [-0.3, -0.25) is 9.71 Å². The number of nitriles is 1. The first-order valence-corrected chi connectivity index (χ1v) is 8.10. The van der Waals surface area contributed by atoms with E-state index in [0.717, 1.165) is 24.1 Å². The van der Waals surface area contributed by atoms with Gasteiger partial charge in [0.15, 0.2) is 0 Å². The van der Waals surface area contributed by atoms with Gasteiger partial charge in [0.25, 0.3) is 0 Å². The van der Waals surface area contributed by atoms with Crippen LogP contribution in [-0.2, 0) is 0 Å². The van der Waals surface area contributed by atoms with Crippen LogP contribution in [0.1, 0.15) is 54.4 Å². The highest BCUT2D eigenvalue weighted by Crippen LogP contribution is 2.52. The van der Waals surface area contributed by atoms with Crippen molar-refractivity contribution in [1.29, 1.82) is 5.26 Å². The van der Waals surface area contributed by atoms with Gasteiger partial charge >= 0.3 is 0 Å². The summed E-state index contributed by atoms with van der Waals surface area (Å²) in [6.45, 7) is 16.6. The second-order valence-electron chi connectivity index (χ2n) is 7.16. The highest BCUT2D eigenvalue weighted by atomic mass is 32.2. The maximum absolute atomic E-state index is 9.28. The molecular weight excluding hydrogens is 278 g/mol. The van der Waals surface area contributed by atoms with Gasteiger partial charge in [-0.05, 0) is 60.0 Å². The molecule has 4 heteroatoms. The maximum atomic E-state index is 9.28. The molecular formula is C17H27N3S. The average molecular weight is 305 g/mol. The van der Waals surface area contributed by atoms with Gasteiger partial charge in [0.05, 0.1) is 22.7 Å². The molecule has 21 heavy (non-hydrogen) atoms. The maximum Gasteiger partial charge on any atom is 0.0726 e. The van der Waals surface area contributed by atoms with Crippen molar-refractivity contribution in [3.05, 3.63) is 23.9 Å². The van der Waals surface area contributed by atoms with E-state index < -0.39 is 0 Å². The van der Waals surface area contributed by atoms with Crippen molar-refractivity contribution in [3.8, 4) is 6.07 Å². The summed E-state index contributed by atoms with van der Waals surface area (Å²) in [5, 5.41) is 9.28. The molecule has 0 atom stereocenters. The van der Waals surface area contributed by atoms with Crippen LogP contribution >= 0.6 is 11.9 Å². The number of rotatable bonds is 5. The fourth-order valence-corrected chi connectivity index (χ4v) is 3.09. The fraction of sp³-hybridized carbons (Fsp3) is 0.647. The second-order valence-corrected chi connectivity index (χ2v) is 8.80. The number of allylic oxidation sites excluding steroid dienone is 2. The molecule has 0 aromatic heterocycles. The second kappa shape index (κ2) is 6.37. The smallest absolute Gasteiger partial charge is 0.0726 e. The first-order valence-electron chi connectivity index (χ1n) is 7.29. The quantitative estimate of drug-likeness (QED) is 0.595. The third kappa shape index (κ3) is 4.72. The molecule has 0 unspecified atom stereocenters. The Bertz CT molecular complexity index is 497. The zero-order valence-electron chi connectivity index (χ0n) is 14.1. The lowest BCUT2D eigenvalue weighted by Crippen LogP contribution is -2.58. The largest absolute Gasteiger partial charge is 0.260 e. The van der Waals surface area contributed by atoms with E-state index in [-0.39, 0.29) is 15.7 Å². The third-order valence-electron chi connectivity index (χ3n) is 3.64. The molecule has 0 aliphatic heterocycles. The van der Waals surface area contributed by atoms with Crippen LogP contribution in [0.5, 0.6) is 0 Å². The molecule has 1 saturated carbocycles. The lowest BCUT2D eigenvalue weighted by atomic mass is 9.58. The van der Waals surface area contributed by atoms with Gasteiger partial charge in [0, 0.05) is 11.0 Å². The lowest BCUT2D eigenvalue weighted by Gasteiger charge is -2.52. The van der Waals surface area contributed by atoms with E-state index in [0.29, 0.717) is 0 Å². The van der Waals surface area contributed by atoms with Crippen LogP contribution in [0.25, 0.3) is 0 Å². The van der Waals surface area contributed by atoms with Gasteiger partial charge in [-0.25, -0.2) is 0 Å². The summed E-state index contributed by atoms with van der Waals surface area (Å²) in [7, 11) is 0. The minimum Gasteiger partial charge on any atom is -0.260 e. The zero-order valence-corrected chi connectivity index (χ0v) is 14.9. The van der Waals surface area contributed by atoms with Crippen LogP contribution in [0.3, 0.4) is 0 Å². The first-order chi connectivity index (χ1) is 9.56. The molecule has 1 aliphatic carbocycles. The van der Waals surface area contributed by atoms with Crippen molar-refractivity contribution >= 4 is 18.2 Å². The van der Waals surface area contributed by atoms with Crippen LogP contribution in [0.15, 0.2) is 28.9 Å². The zero-order chi connectivity index (χ0) is 16.3. The number of hydrogen-bond acceptors (Lipinski definition) is 4. The van der Waals surface area contributed by atoms with Crippen molar-refractivity contribution in [2.24, 2.45) is 10.4 Å². The van der Waals surface area contributed by atoms with Crippen molar-refractivity contribution in [2.75, 3.05) is 0 Å². The molecule has 1 aliphatic rings. The highest BCUT2D eigenvalue weighted by Gasteiger charge is 2.54. The van der Waals surface area contributed by atoms with Gasteiger partial charge in [-0.1, -0.05) is 24.6 Å². The number of hydrogen-bond donors (Lipinski definition) is 1. The Morgan fingerprint density at radius 3 is 2.43 bits per heavy atom. The molecule has 1 rings (SSSR count). The van der Waals surface area contributed by atoms with Crippen LogP contribution in [0.2, 0.25) is 0 Å². The minimum absolute atomic E-state index is 0.106. The van der Waals surface area contributed by atoms with Gasteiger partial charge in [0.2, 0.25) is 0 Å². The Morgan fingerprint density at radius 2 is 2.00 bits per heavy atom. The molecule has 0 spiro atoms. The SMILES string of the molecule is C=C(N=C/C(C)=C\C)C1(NSC(C)(C)C)CC(C)(C#N)C1. The summed E-state index contributed by atoms with van der Waals surface area (Å²) in [5.74, 6) is 0. The molecule has 0 saturated heterocycles. The number of nitrogens with one attached hydrogen (secondary N) is 1. The third-order valence-corrected chi connectivity index (χ3v) is 4.74. The van der Waals surface area contributed by atoms with E-state index in [1.165, 1.54) is 0 Å². The monoisotopic (exact) mass is 305 g/mol. The summed E-state index contributed by atoms with van der Waals surface area (Å²) >= 11 is 1.69. The normalized spacial score (nSPS) is 30.0. The molecule has 0 radical (unpaired) electrons. The Labute approximate surface area is 133 Å². The number of aliphatic imine (C=N–C) groups is 1. The summed E-state index contributed by atoms with van der Waals surface area (Å²) in [6.07, 6.45) is 5.37. The van der Waals surface area contributed by atoms with Crippen molar-refractivity contribution in [3.63, 3.8) is 0 Å². The molecule has 3 nitrogen and oxygen atoms in total. The topological polar surface area (TPSA) is 48.2 Å². The Balaban J connectivity index is 2.87. The van der Waals surface area contributed by atoms with Crippen molar-refractivity contribution in [1.82, 2.24) is 4.72 Å². The highest BCUT2D eigenvalue weighted by molar-refractivity contribution is 7.98. The summed E-state index contributed by atoms with van der Waals surface area (Å²) < 4.78 is 3.64. The van der Waals surface area contributed by atoms with Gasteiger partial charge < -0.3 is 0 Å². The molecule has 0 aromatic carbocycles. The van der Waals surface area contributed by atoms with E-state index in [4.69, 9.17) is 0 Å². The van der Waals surface area contributed by atoms with Crippen LogP contribution in [0, 0.1) is 16.7 Å². The molecule has 1 N–H and O–H groups in total. The van der Waals surface area contributed by atoms with Gasteiger partial charge in [-0.15, -0.1) is 0 Å². The van der Waals surface area contributed by atoms with Crippen molar-refractivity contribution in [2.45, 2.75) is 64.7 Å². The molecule has 1 fully saturated rings. The molecule has 0 bridgehead atoms. The van der Waals surface area contributed by atoms with Crippen molar-refractivity contribution < 1.29 is 0 Å². The fourth-order valence-electron chi connectivity index (χ4n) is 2.32. The Hall–Kier alpha value is -1.05. The summed E-state index contributed by atoms with van der Waals surface area (Å²) in [5.41, 5.74) is 1.37. The summed E-state index contributed by atoms with van der Waals surface area (Å²) in [4.78, 5) is 4.52. The minimum atomic E-state index is -0.278. The number of nitrogens with zero attached hydrogens (tertiary/aromatic N) is 2.